The highest BCUT2D eigenvalue weighted by Gasteiger charge is 2.09. The van der Waals surface area contributed by atoms with Crippen LogP contribution in [0.3, 0.4) is 0 Å². The molecule has 0 fully saturated rings. The number of rotatable bonds is 11. The van der Waals surface area contributed by atoms with Crippen LogP contribution in [0.5, 0.6) is 5.75 Å². The van der Waals surface area contributed by atoms with Gasteiger partial charge >= 0.3 is 0 Å². The molecule has 0 atom stereocenters. The van der Waals surface area contributed by atoms with Crippen LogP contribution in [0.1, 0.15) is 40.0 Å². The van der Waals surface area contributed by atoms with Crippen LogP contribution in [-0.2, 0) is 9.59 Å². The third-order valence-electron chi connectivity index (χ3n) is 4.25. The molecule has 0 spiro atoms. The molecule has 0 heterocycles. The molecule has 0 unspecified atom stereocenters. The Hall–Kier alpha value is -2.73. The lowest BCUT2D eigenvalue weighted by Gasteiger charge is -2.12. The number of amides is 2. The number of carbonyl (C=O) groups excluding carboxylic acids is 2. The van der Waals surface area contributed by atoms with Gasteiger partial charge in [-0.3, -0.25) is 9.59 Å². The molecule has 2 aromatic rings. The van der Waals surface area contributed by atoms with E-state index in [1.807, 2.05) is 31.2 Å². The quantitative estimate of drug-likeness (QED) is 0.435. The van der Waals surface area contributed by atoms with Crippen molar-refractivity contribution in [3.8, 4) is 5.75 Å². The van der Waals surface area contributed by atoms with Crippen molar-refractivity contribution in [2.45, 2.75) is 40.0 Å². The topological polar surface area (TPSA) is 79.5 Å². The number of ether oxygens (including phenoxy) is 1. The Bertz CT molecular complexity index is 855. The average molecular weight is 432 g/mol. The third-order valence-corrected chi connectivity index (χ3v) is 4.58. The summed E-state index contributed by atoms with van der Waals surface area (Å²) in [4.78, 5) is 24.1. The molecule has 2 amide bonds. The Morgan fingerprint density at radius 2 is 1.83 bits per heavy atom. The molecule has 6 nitrogen and oxygen atoms in total. The number of hydrogen-bond donors (Lipinski definition) is 3. The van der Waals surface area contributed by atoms with E-state index in [2.05, 4.69) is 29.8 Å². The minimum Gasteiger partial charge on any atom is -0.494 e. The van der Waals surface area contributed by atoms with Gasteiger partial charge in [0, 0.05) is 23.9 Å². The molecule has 3 N–H and O–H groups in total. The fourth-order valence-electron chi connectivity index (χ4n) is 2.63. The first-order chi connectivity index (χ1) is 14.4. The van der Waals surface area contributed by atoms with Crippen LogP contribution in [0.15, 0.2) is 42.5 Å². The highest BCUT2D eigenvalue weighted by Crippen LogP contribution is 2.26. The number of halogens is 1. The van der Waals surface area contributed by atoms with Gasteiger partial charge in [-0.05, 0) is 49.1 Å². The predicted molar refractivity (Wildman–Crippen MR) is 124 cm³/mol. The maximum atomic E-state index is 12.4. The zero-order chi connectivity index (χ0) is 21.9. The molecule has 0 saturated heterocycles. The second-order valence-electron chi connectivity index (χ2n) is 7.45. The summed E-state index contributed by atoms with van der Waals surface area (Å²) in [7, 11) is 0. The largest absolute Gasteiger partial charge is 0.494 e. The number of anilines is 3. The summed E-state index contributed by atoms with van der Waals surface area (Å²) in [6.45, 7) is 6.97. The van der Waals surface area contributed by atoms with E-state index in [1.165, 1.54) is 0 Å². The van der Waals surface area contributed by atoms with Crippen LogP contribution in [0.25, 0.3) is 0 Å². The van der Waals surface area contributed by atoms with Crippen molar-refractivity contribution in [2.24, 2.45) is 5.92 Å². The van der Waals surface area contributed by atoms with Gasteiger partial charge in [-0.2, -0.15) is 0 Å². The Kier molecular flexibility index (Phi) is 9.48. The van der Waals surface area contributed by atoms with E-state index < -0.39 is 0 Å². The second kappa shape index (κ2) is 12.1. The molecule has 0 saturated carbocycles. The van der Waals surface area contributed by atoms with E-state index in [-0.39, 0.29) is 18.4 Å². The van der Waals surface area contributed by atoms with Crippen LogP contribution in [0.2, 0.25) is 5.02 Å². The molecule has 0 aliphatic rings. The van der Waals surface area contributed by atoms with Crippen molar-refractivity contribution in [1.29, 1.82) is 0 Å². The van der Waals surface area contributed by atoms with Crippen LogP contribution < -0.4 is 20.7 Å². The van der Waals surface area contributed by atoms with Crippen molar-refractivity contribution in [3.05, 3.63) is 47.5 Å². The van der Waals surface area contributed by atoms with Crippen molar-refractivity contribution in [2.75, 3.05) is 29.1 Å². The van der Waals surface area contributed by atoms with E-state index in [0.717, 1.165) is 24.3 Å². The smallest absolute Gasteiger partial charge is 0.243 e. The van der Waals surface area contributed by atoms with Crippen molar-refractivity contribution < 1.29 is 14.3 Å². The molecule has 162 valence electrons. The van der Waals surface area contributed by atoms with Crippen LogP contribution in [-0.4, -0.2) is 25.0 Å². The summed E-state index contributed by atoms with van der Waals surface area (Å²) in [6.07, 6.45) is 2.19. The Balaban J connectivity index is 1.89. The summed E-state index contributed by atoms with van der Waals surface area (Å²) in [5.74, 6) is 1.02. The van der Waals surface area contributed by atoms with Gasteiger partial charge in [0.05, 0.1) is 23.9 Å². The molecule has 30 heavy (non-hydrogen) atoms. The van der Waals surface area contributed by atoms with Crippen molar-refractivity contribution >= 4 is 40.5 Å². The normalized spacial score (nSPS) is 10.6. The fourth-order valence-corrected chi connectivity index (χ4v) is 2.80. The molecular weight excluding hydrogens is 402 g/mol. The molecule has 0 radical (unpaired) electrons. The summed E-state index contributed by atoms with van der Waals surface area (Å²) in [6, 6.07) is 12.5. The van der Waals surface area contributed by atoms with Gasteiger partial charge in [-0.25, -0.2) is 0 Å². The molecule has 2 aromatic carbocycles. The predicted octanol–water partition coefficient (Wildman–Crippen LogP) is 5.55. The third kappa shape index (κ3) is 8.33. The van der Waals surface area contributed by atoms with Gasteiger partial charge in [-0.1, -0.05) is 38.4 Å². The van der Waals surface area contributed by atoms with Crippen LogP contribution in [0.4, 0.5) is 17.1 Å². The number of nitrogens with one attached hydrogen (secondary N) is 3. The van der Waals surface area contributed by atoms with E-state index in [1.54, 1.807) is 18.2 Å². The first-order valence-electron chi connectivity index (χ1n) is 10.2. The van der Waals surface area contributed by atoms with Gasteiger partial charge in [0.15, 0.2) is 0 Å². The average Bonchev–Trinajstić information content (AvgIpc) is 2.69. The van der Waals surface area contributed by atoms with Crippen molar-refractivity contribution in [3.63, 3.8) is 0 Å². The fraction of sp³-hybridized carbons (Fsp3) is 0.391. The lowest BCUT2D eigenvalue weighted by molar-refractivity contribution is -0.116. The Labute approximate surface area is 183 Å². The maximum absolute atomic E-state index is 12.4. The monoisotopic (exact) mass is 431 g/mol. The summed E-state index contributed by atoms with van der Waals surface area (Å²) in [5, 5.41) is 9.05. The van der Waals surface area contributed by atoms with Crippen molar-refractivity contribution in [1.82, 2.24) is 0 Å². The summed E-state index contributed by atoms with van der Waals surface area (Å²) in [5.41, 5.74) is 1.83. The first kappa shape index (κ1) is 23.5. The number of hydrogen-bond acceptors (Lipinski definition) is 4. The van der Waals surface area contributed by atoms with Gasteiger partial charge in [0.25, 0.3) is 0 Å². The van der Waals surface area contributed by atoms with Gasteiger partial charge in [0.1, 0.15) is 5.75 Å². The molecule has 0 bridgehead atoms. The highest BCUT2D eigenvalue weighted by atomic mass is 35.5. The minimum atomic E-state index is -0.250. The maximum Gasteiger partial charge on any atom is 0.243 e. The van der Waals surface area contributed by atoms with E-state index >= 15 is 0 Å². The summed E-state index contributed by atoms with van der Waals surface area (Å²) >= 11 is 6.18. The Morgan fingerprint density at radius 1 is 1.03 bits per heavy atom. The zero-order valence-electron chi connectivity index (χ0n) is 17.8. The highest BCUT2D eigenvalue weighted by molar-refractivity contribution is 6.33. The van der Waals surface area contributed by atoms with Crippen LogP contribution in [0, 0.1) is 5.92 Å². The molecule has 2 rings (SSSR count). The molecule has 0 aliphatic heterocycles. The summed E-state index contributed by atoms with van der Waals surface area (Å²) < 4.78 is 5.75. The Morgan fingerprint density at radius 3 is 2.57 bits per heavy atom. The SMILES string of the molecule is CCCC(=O)Nc1ccc(Cl)c(NC(=O)CNc2cccc(OCCC(C)C)c2)c1. The molecule has 0 aliphatic carbocycles. The van der Waals surface area contributed by atoms with E-state index in [0.29, 0.717) is 35.3 Å². The lowest BCUT2D eigenvalue weighted by Crippen LogP contribution is -2.22. The molecule has 7 heteroatoms. The molecular formula is C23H30ClN3O3. The zero-order valence-corrected chi connectivity index (χ0v) is 18.5. The minimum absolute atomic E-state index is 0.0677. The molecule has 0 aromatic heterocycles. The lowest BCUT2D eigenvalue weighted by atomic mass is 10.1. The van der Waals surface area contributed by atoms with E-state index in [9.17, 15) is 9.59 Å². The van der Waals surface area contributed by atoms with Gasteiger partial charge in [0.2, 0.25) is 11.8 Å². The first-order valence-corrected chi connectivity index (χ1v) is 10.6. The van der Waals surface area contributed by atoms with Gasteiger partial charge < -0.3 is 20.7 Å². The standard InChI is InChI=1S/C23H30ClN3O3/c1-4-6-22(28)26-18-9-10-20(24)21(14-18)27-23(29)15-25-17-7-5-8-19(13-17)30-12-11-16(2)3/h5,7-10,13-14,16,25H,4,6,11-12,15H2,1-3H3,(H,26,28)(H,27,29). The van der Waals surface area contributed by atoms with Crippen LogP contribution >= 0.6 is 11.6 Å². The van der Waals surface area contributed by atoms with E-state index in [4.69, 9.17) is 16.3 Å². The van der Waals surface area contributed by atoms with Gasteiger partial charge in [-0.15, -0.1) is 0 Å². The number of carbonyl (C=O) groups is 2. The number of benzene rings is 2. The second-order valence-corrected chi connectivity index (χ2v) is 7.86.